The summed E-state index contributed by atoms with van der Waals surface area (Å²) in [6, 6.07) is 3.33. The van der Waals surface area contributed by atoms with E-state index in [1.807, 2.05) is 0 Å². The van der Waals surface area contributed by atoms with Crippen molar-refractivity contribution in [1.82, 2.24) is 15.1 Å². The molecule has 1 amide bonds. The summed E-state index contributed by atoms with van der Waals surface area (Å²) in [5, 5.41) is 6.31. The van der Waals surface area contributed by atoms with Gasteiger partial charge in [0.2, 0.25) is 0 Å². The van der Waals surface area contributed by atoms with Gasteiger partial charge in [0.15, 0.2) is 0 Å². The van der Waals surface area contributed by atoms with Gasteiger partial charge in [-0.05, 0) is 24.3 Å². The van der Waals surface area contributed by atoms with Gasteiger partial charge in [0.05, 0.1) is 23.4 Å². The lowest BCUT2D eigenvalue weighted by Crippen LogP contribution is -2.24. The lowest BCUT2D eigenvalue weighted by atomic mass is 10.1. The molecule has 8 heteroatoms. The van der Waals surface area contributed by atoms with Gasteiger partial charge >= 0.3 is 6.18 Å². The molecule has 2 aromatic rings. The van der Waals surface area contributed by atoms with Crippen LogP contribution in [-0.2, 0) is 19.8 Å². The Bertz CT molecular complexity index is 664. The van der Waals surface area contributed by atoms with Crippen LogP contribution in [-0.4, -0.2) is 15.7 Å². The fourth-order valence-corrected chi connectivity index (χ4v) is 1.70. The molecule has 0 saturated carbocycles. The molecule has 0 radical (unpaired) electrons. The molecule has 0 aliphatic carbocycles. The number of alkyl halides is 3. The molecule has 21 heavy (non-hydrogen) atoms. The van der Waals surface area contributed by atoms with E-state index in [1.165, 1.54) is 4.68 Å². The molecule has 0 aliphatic rings. The predicted molar refractivity (Wildman–Crippen MR) is 65.8 cm³/mol. The van der Waals surface area contributed by atoms with Crippen LogP contribution in [0.1, 0.15) is 21.6 Å². The van der Waals surface area contributed by atoms with Crippen LogP contribution in [0.15, 0.2) is 30.5 Å². The van der Waals surface area contributed by atoms with E-state index in [9.17, 15) is 22.4 Å². The SMILES string of the molecule is Cn1ccc(CNC(=O)c2cc(C(F)(F)F)ccc2F)n1. The largest absolute Gasteiger partial charge is 0.416 e. The molecule has 0 unspecified atom stereocenters. The summed E-state index contributed by atoms with van der Waals surface area (Å²) in [5.74, 6) is -1.94. The normalized spacial score (nSPS) is 11.5. The van der Waals surface area contributed by atoms with E-state index >= 15 is 0 Å². The Morgan fingerprint density at radius 2 is 2.05 bits per heavy atom. The molecule has 0 atom stereocenters. The zero-order chi connectivity index (χ0) is 15.6. The van der Waals surface area contributed by atoms with Crippen molar-refractivity contribution < 1.29 is 22.4 Å². The zero-order valence-electron chi connectivity index (χ0n) is 10.9. The van der Waals surface area contributed by atoms with Crippen LogP contribution in [0, 0.1) is 5.82 Å². The van der Waals surface area contributed by atoms with Crippen LogP contribution >= 0.6 is 0 Å². The Labute approximate surface area is 117 Å². The minimum atomic E-state index is -4.64. The van der Waals surface area contributed by atoms with E-state index in [4.69, 9.17) is 0 Å². The highest BCUT2D eigenvalue weighted by Gasteiger charge is 2.31. The molecule has 1 heterocycles. The van der Waals surface area contributed by atoms with Gasteiger partial charge in [-0.15, -0.1) is 0 Å². The molecular weight excluding hydrogens is 290 g/mol. The maximum Gasteiger partial charge on any atom is 0.416 e. The number of aryl methyl sites for hydroxylation is 1. The maximum atomic E-state index is 13.5. The van der Waals surface area contributed by atoms with Crippen molar-refractivity contribution in [2.45, 2.75) is 12.7 Å². The smallest absolute Gasteiger partial charge is 0.346 e. The van der Waals surface area contributed by atoms with Gasteiger partial charge < -0.3 is 5.32 Å². The summed E-state index contributed by atoms with van der Waals surface area (Å²) < 4.78 is 52.6. The molecule has 1 aromatic heterocycles. The fourth-order valence-electron chi connectivity index (χ4n) is 1.70. The first kappa shape index (κ1) is 15.0. The number of carbonyl (C=O) groups excluding carboxylic acids is 1. The lowest BCUT2D eigenvalue weighted by Gasteiger charge is -2.09. The molecule has 0 fully saturated rings. The van der Waals surface area contributed by atoms with Crippen molar-refractivity contribution in [3.63, 3.8) is 0 Å². The Morgan fingerprint density at radius 3 is 2.62 bits per heavy atom. The third kappa shape index (κ3) is 3.59. The number of benzene rings is 1. The number of hydrogen-bond donors (Lipinski definition) is 1. The van der Waals surface area contributed by atoms with Gasteiger partial charge in [0, 0.05) is 13.2 Å². The minimum Gasteiger partial charge on any atom is -0.346 e. The van der Waals surface area contributed by atoms with Gasteiger partial charge in [0.25, 0.3) is 5.91 Å². The van der Waals surface area contributed by atoms with Crippen molar-refractivity contribution in [2.24, 2.45) is 7.05 Å². The number of nitrogens with one attached hydrogen (secondary N) is 1. The number of hydrogen-bond acceptors (Lipinski definition) is 2. The average Bonchev–Trinajstić information content (AvgIpc) is 2.81. The molecule has 1 aromatic carbocycles. The Morgan fingerprint density at radius 1 is 1.33 bits per heavy atom. The number of carbonyl (C=O) groups is 1. The standard InChI is InChI=1S/C13H11F4N3O/c1-20-5-4-9(19-20)7-18-12(21)10-6-8(13(15,16)17)2-3-11(10)14/h2-6H,7H2,1H3,(H,18,21). The van der Waals surface area contributed by atoms with Gasteiger partial charge in [0.1, 0.15) is 5.82 Å². The van der Waals surface area contributed by atoms with Crippen molar-refractivity contribution in [3.8, 4) is 0 Å². The highest BCUT2D eigenvalue weighted by Crippen LogP contribution is 2.30. The van der Waals surface area contributed by atoms with Crippen LogP contribution in [0.5, 0.6) is 0 Å². The van der Waals surface area contributed by atoms with Gasteiger partial charge in [-0.3, -0.25) is 9.48 Å². The van der Waals surface area contributed by atoms with Crippen LogP contribution in [0.4, 0.5) is 17.6 Å². The van der Waals surface area contributed by atoms with E-state index in [1.54, 1.807) is 19.3 Å². The molecular formula is C13H11F4N3O. The second-order valence-electron chi connectivity index (χ2n) is 4.36. The maximum absolute atomic E-state index is 13.5. The summed E-state index contributed by atoms with van der Waals surface area (Å²) in [7, 11) is 1.68. The summed E-state index contributed by atoms with van der Waals surface area (Å²) in [4.78, 5) is 11.8. The molecule has 0 spiro atoms. The third-order valence-electron chi connectivity index (χ3n) is 2.74. The van der Waals surface area contributed by atoms with Crippen LogP contribution in [0.25, 0.3) is 0 Å². The summed E-state index contributed by atoms with van der Waals surface area (Å²) in [6.45, 7) is -0.00460. The Kier molecular flexibility index (Phi) is 3.97. The molecule has 0 aliphatic heterocycles. The first-order valence-corrected chi connectivity index (χ1v) is 5.91. The predicted octanol–water partition coefficient (Wildman–Crippen LogP) is 2.51. The summed E-state index contributed by atoms with van der Waals surface area (Å²) in [6.07, 6.45) is -2.99. The van der Waals surface area contributed by atoms with Crippen LogP contribution in [0.2, 0.25) is 0 Å². The number of aromatic nitrogens is 2. The highest BCUT2D eigenvalue weighted by atomic mass is 19.4. The monoisotopic (exact) mass is 301 g/mol. The van der Waals surface area contributed by atoms with Gasteiger partial charge in [-0.25, -0.2) is 4.39 Å². The van der Waals surface area contributed by atoms with Gasteiger partial charge in [-0.1, -0.05) is 0 Å². The molecule has 112 valence electrons. The zero-order valence-corrected chi connectivity index (χ0v) is 10.9. The molecule has 0 bridgehead atoms. The summed E-state index contributed by atoms with van der Waals surface area (Å²) in [5.41, 5.74) is -1.22. The molecule has 1 N–H and O–H groups in total. The van der Waals surface area contributed by atoms with E-state index in [0.29, 0.717) is 23.9 Å². The van der Waals surface area contributed by atoms with Crippen molar-refractivity contribution in [2.75, 3.05) is 0 Å². The summed E-state index contributed by atoms with van der Waals surface area (Å²) >= 11 is 0. The van der Waals surface area contributed by atoms with Gasteiger partial charge in [-0.2, -0.15) is 18.3 Å². The van der Waals surface area contributed by atoms with Crippen LogP contribution < -0.4 is 5.32 Å². The van der Waals surface area contributed by atoms with E-state index < -0.39 is 29.0 Å². The first-order valence-electron chi connectivity index (χ1n) is 5.91. The molecule has 2 rings (SSSR count). The van der Waals surface area contributed by atoms with E-state index in [0.717, 1.165) is 0 Å². The number of rotatable bonds is 3. The number of halogens is 4. The molecule has 0 saturated heterocycles. The fraction of sp³-hybridized carbons (Fsp3) is 0.231. The minimum absolute atomic E-state index is 0.00460. The van der Waals surface area contributed by atoms with E-state index in [-0.39, 0.29) is 6.54 Å². The Hall–Kier alpha value is -2.38. The second-order valence-corrected chi connectivity index (χ2v) is 4.36. The first-order chi connectivity index (χ1) is 9.77. The topological polar surface area (TPSA) is 46.9 Å². The van der Waals surface area contributed by atoms with Crippen molar-refractivity contribution in [3.05, 3.63) is 53.1 Å². The highest BCUT2D eigenvalue weighted by molar-refractivity contribution is 5.94. The average molecular weight is 301 g/mol. The van der Waals surface area contributed by atoms with Crippen molar-refractivity contribution in [1.29, 1.82) is 0 Å². The van der Waals surface area contributed by atoms with Crippen LogP contribution in [0.3, 0.4) is 0 Å². The Balaban J connectivity index is 2.15. The molecule has 4 nitrogen and oxygen atoms in total. The van der Waals surface area contributed by atoms with Crippen molar-refractivity contribution >= 4 is 5.91 Å². The quantitative estimate of drug-likeness (QED) is 0.886. The number of amides is 1. The third-order valence-corrected chi connectivity index (χ3v) is 2.74. The second kappa shape index (κ2) is 5.55. The number of nitrogens with zero attached hydrogens (tertiary/aromatic N) is 2. The lowest BCUT2D eigenvalue weighted by molar-refractivity contribution is -0.137. The van der Waals surface area contributed by atoms with E-state index in [2.05, 4.69) is 10.4 Å².